The van der Waals surface area contributed by atoms with E-state index < -0.39 is 17.1 Å². The van der Waals surface area contributed by atoms with Crippen LogP contribution in [-0.4, -0.2) is 41.5 Å². The molecule has 0 saturated heterocycles. The van der Waals surface area contributed by atoms with E-state index in [2.05, 4.69) is 69.2 Å². The standard InChI is InChI=1S/C17H40O4Si2/c1-11-22(18-14(3)4,19-15(5)6)13-23(12-2,20-16(7)8)21-17(9)10/h14-17H,11-13H2,1-10H3. The Balaban J connectivity index is 5.61. The van der Waals surface area contributed by atoms with E-state index >= 15 is 0 Å². The van der Waals surface area contributed by atoms with Crippen LogP contribution in [0, 0.1) is 0 Å². The summed E-state index contributed by atoms with van der Waals surface area (Å²) in [4.78, 5) is 0. The Morgan fingerprint density at radius 1 is 0.522 bits per heavy atom. The summed E-state index contributed by atoms with van der Waals surface area (Å²) in [6.07, 6.45) is 0.619. The Kier molecular flexibility index (Phi) is 10.4. The Hall–Kier alpha value is 0.274. The van der Waals surface area contributed by atoms with Crippen LogP contribution in [0.1, 0.15) is 69.2 Å². The number of hydrogen-bond acceptors (Lipinski definition) is 4. The zero-order valence-electron chi connectivity index (χ0n) is 17.1. The van der Waals surface area contributed by atoms with E-state index in [1.165, 1.54) is 0 Å². The zero-order valence-corrected chi connectivity index (χ0v) is 19.1. The normalized spacial score (nSPS) is 13.8. The molecule has 23 heavy (non-hydrogen) atoms. The van der Waals surface area contributed by atoms with Crippen LogP contribution < -0.4 is 0 Å². The quantitative estimate of drug-likeness (QED) is 0.449. The van der Waals surface area contributed by atoms with Gasteiger partial charge in [0.2, 0.25) is 0 Å². The third-order valence-electron chi connectivity index (χ3n) is 3.42. The summed E-state index contributed by atoms with van der Waals surface area (Å²) in [5.74, 6) is 0. The van der Waals surface area contributed by atoms with Crippen LogP contribution in [0.4, 0.5) is 0 Å². The summed E-state index contributed by atoms with van der Waals surface area (Å²) in [7, 11) is -4.75. The molecule has 0 spiro atoms. The van der Waals surface area contributed by atoms with E-state index in [-0.39, 0.29) is 24.4 Å². The summed E-state index contributed by atoms with van der Waals surface area (Å²) in [6.45, 7) is 21.0. The maximum Gasteiger partial charge on any atom is 0.340 e. The molecule has 0 aromatic rings. The van der Waals surface area contributed by atoms with Crippen molar-refractivity contribution in [1.29, 1.82) is 0 Å². The smallest absolute Gasteiger partial charge is 0.340 e. The van der Waals surface area contributed by atoms with E-state index in [1.54, 1.807) is 0 Å². The molecule has 0 rings (SSSR count). The fourth-order valence-electron chi connectivity index (χ4n) is 2.93. The Morgan fingerprint density at radius 2 is 0.739 bits per heavy atom. The third kappa shape index (κ3) is 8.79. The van der Waals surface area contributed by atoms with Crippen LogP contribution in [-0.2, 0) is 17.7 Å². The number of rotatable bonds is 12. The van der Waals surface area contributed by atoms with Crippen molar-refractivity contribution >= 4 is 17.1 Å². The van der Waals surface area contributed by atoms with Gasteiger partial charge in [0.05, 0.1) is 0 Å². The average Bonchev–Trinajstić information content (AvgIpc) is 2.35. The van der Waals surface area contributed by atoms with Crippen molar-refractivity contribution < 1.29 is 17.7 Å². The first-order chi connectivity index (χ1) is 10.5. The maximum absolute atomic E-state index is 6.41. The fourth-order valence-corrected chi connectivity index (χ4v) is 13.8. The van der Waals surface area contributed by atoms with Crippen LogP contribution >= 0.6 is 0 Å². The summed E-state index contributed by atoms with van der Waals surface area (Å²) < 4.78 is 25.6. The molecule has 4 nitrogen and oxygen atoms in total. The van der Waals surface area contributed by atoms with Gasteiger partial charge in [-0.05, 0) is 67.5 Å². The lowest BCUT2D eigenvalue weighted by atomic mass is 10.5. The van der Waals surface area contributed by atoms with E-state index in [0.29, 0.717) is 0 Å². The first kappa shape index (κ1) is 23.3. The molecule has 0 aliphatic carbocycles. The summed E-state index contributed by atoms with van der Waals surface area (Å²) in [6, 6.07) is 1.84. The summed E-state index contributed by atoms with van der Waals surface area (Å²) in [5.41, 5.74) is 0.833. The predicted molar refractivity (Wildman–Crippen MR) is 102 cm³/mol. The molecule has 0 amide bonds. The van der Waals surface area contributed by atoms with E-state index in [0.717, 1.165) is 17.8 Å². The van der Waals surface area contributed by atoms with Crippen LogP contribution in [0.15, 0.2) is 0 Å². The minimum absolute atomic E-state index is 0.155. The number of hydrogen-bond donors (Lipinski definition) is 0. The first-order valence-electron chi connectivity index (χ1n) is 9.21. The SMILES string of the molecule is CC[Si](C[Si](CC)(OC(C)C)OC(C)C)(OC(C)C)OC(C)C. The van der Waals surface area contributed by atoms with Crippen molar-refractivity contribution in [1.82, 2.24) is 0 Å². The maximum atomic E-state index is 6.41. The highest BCUT2D eigenvalue weighted by molar-refractivity contribution is 6.86. The molecule has 0 aliphatic heterocycles. The molecule has 0 aliphatic rings. The van der Waals surface area contributed by atoms with Crippen molar-refractivity contribution in [2.45, 2.75) is 111 Å². The second kappa shape index (κ2) is 10.3. The second-order valence-corrected chi connectivity index (χ2v) is 14.8. The highest BCUT2D eigenvalue weighted by atomic mass is 28.4. The van der Waals surface area contributed by atoms with Crippen LogP contribution in [0.2, 0.25) is 17.8 Å². The molecule has 6 heteroatoms. The van der Waals surface area contributed by atoms with Crippen molar-refractivity contribution in [3.05, 3.63) is 0 Å². The zero-order chi connectivity index (χ0) is 18.3. The van der Waals surface area contributed by atoms with Gasteiger partial charge in [-0.1, -0.05) is 13.8 Å². The molecule has 0 aromatic carbocycles. The van der Waals surface area contributed by atoms with Gasteiger partial charge < -0.3 is 17.7 Å². The van der Waals surface area contributed by atoms with Crippen molar-refractivity contribution in [3.63, 3.8) is 0 Å². The third-order valence-corrected chi connectivity index (χ3v) is 13.5. The van der Waals surface area contributed by atoms with E-state index in [4.69, 9.17) is 17.7 Å². The van der Waals surface area contributed by atoms with Crippen LogP contribution in [0.5, 0.6) is 0 Å². The van der Waals surface area contributed by atoms with E-state index in [9.17, 15) is 0 Å². The van der Waals surface area contributed by atoms with Gasteiger partial charge in [0.15, 0.2) is 0 Å². The second-order valence-electron chi connectivity index (χ2n) is 7.37. The van der Waals surface area contributed by atoms with Crippen molar-refractivity contribution in [2.24, 2.45) is 0 Å². The van der Waals surface area contributed by atoms with Gasteiger partial charge >= 0.3 is 17.1 Å². The van der Waals surface area contributed by atoms with Crippen LogP contribution in [0.25, 0.3) is 0 Å². The van der Waals surface area contributed by atoms with Gasteiger partial charge in [-0.3, -0.25) is 0 Å². The predicted octanol–water partition coefficient (Wildman–Crippen LogP) is 5.15. The van der Waals surface area contributed by atoms with Crippen LogP contribution in [0.3, 0.4) is 0 Å². The lowest BCUT2D eigenvalue weighted by Crippen LogP contribution is -2.57. The molecule has 0 aromatic heterocycles. The van der Waals surface area contributed by atoms with Gasteiger partial charge in [0, 0.05) is 30.1 Å². The molecule has 0 N–H and O–H groups in total. The molecule has 0 unspecified atom stereocenters. The summed E-state index contributed by atoms with van der Waals surface area (Å²) in [5, 5.41) is 0. The van der Waals surface area contributed by atoms with Gasteiger partial charge in [-0.15, -0.1) is 0 Å². The Morgan fingerprint density at radius 3 is 0.870 bits per heavy atom. The molecule has 0 saturated carbocycles. The minimum atomic E-state index is -2.37. The van der Waals surface area contributed by atoms with Crippen molar-refractivity contribution in [3.8, 4) is 0 Å². The molecule has 0 radical (unpaired) electrons. The largest absolute Gasteiger partial charge is 0.392 e. The highest BCUT2D eigenvalue weighted by Crippen LogP contribution is 2.33. The van der Waals surface area contributed by atoms with Gasteiger partial charge in [-0.25, -0.2) is 0 Å². The molecule has 0 atom stereocenters. The van der Waals surface area contributed by atoms with Crippen molar-refractivity contribution in [2.75, 3.05) is 0 Å². The molecule has 0 fully saturated rings. The Labute approximate surface area is 146 Å². The Bertz CT molecular complexity index is 270. The first-order valence-corrected chi connectivity index (χ1v) is 13.7. The molecule has 0 bridgehead atoms. The monoisotopic (exact) mass is 364 g/mol. The van der Waals surface area contributed by atoms with Gasteiger partial charge in [0.1, 0.15) is 0 Å². The van der Waals surface area contributed by atoms with Gasteiger partial charge in [-0.2, -0.15) is 0 Å². The topological polar surface area (TPSA) is 36.9 Å². The molecule has 0 heterocycles. The lowest BCUT2D eigenvalue weighted by Gasteiger charge is -2.41. The average molecular weight is 365 g/mol. The van der Waals surface area contributed by atoms with E-state index in [1.807, 2.05) is 0 Å². The fraction of sp³-hybridized carbons (Fsp3) is 1.00. The lowest BCUT2D eigenvalue weighted by molar-refractivity contribution is 0.0878. The molecule has 140 valence electrons. The van der Waals surface area contributed by atoms with Gasteiger partial charge in [0.25, 0.3) is 0 Å². The highest BCUT2D eigenvalue weighted by Gasteiger charge is 2.51. The molecular formula is C17H40O4Si2. The summed E-state index contributed by atoms with van der Waals surface area (Å²) >= 11 is 0. The molecular weight excluding hydrogens is 324 g/mol. The minimum Gasteiger partial charge on any atom is -0.392 e.